The minimum atomic E-state index is -4.01. The van der Waals surface area contributed by atoms with E-state index in [1.807, 2.05) is 4.72 Å². The molecule has 0 unspecified atom stereocenters. The Kier molecular flexibility index (Phi) is 5.87. The van der Waals surface area contributed by atoms with Crippen LogP contribution in [0.5, 0.6) is 0 Å². The number of methoxy groups -OCH3 is 1. The van der Waals surface area contributed by atoms with Gasteiger partial charge in [-0.15, -0.1) is 0 Å². The van der Waals surface area contributed by atoms with E-state index < -0.39 is 28.8 Å². The number of hydrogen-bond donors (Lipinski definition) is 3. The Hall–Kier alpha value is -1.23. The van der Waals surface area contributed by atoms with Gasteiger partial charge in [0.1, 0.15) is 6.04 Å². The molecule has 1 aliphatic rings. The number of ether oxygens (including phenoxy) is 1. The van der Waals surface area contributed by atoms with Gasteiger partial charge in [0, 0.05) is 13.1 Å². The van der Waals surface area contributed by atoms with Crippen molar-refractivity contribution >= 4 is 22.1 Å². The molecule has 0 bridgehead atoms. The minimum Gasteiger partial charge on any atom is -0.480 e. The van der Waals surface area contributed by atoms with E-state index in [-0.39, 0.29) is 25.0 Å². The molecule has 0 amide bonds. The molecular formula is C10H18N2O7S. The number of carbonyl (C=O) groups excluding carboxylic acids is 1. The van der Waals surface area contributed by atoms with E-state index in [2.05, 4.69) is 4.74 Å². The van der Waals surface area contributed by atoms with Crippen LogP contribution in [0.25, 0.3) is 0 Å². The van der Waals surface area contributed by atoms with Crippen LogP contribution < -0.4 is 4.72 Å². The zero-order chi connectivity index (χ0) is 15.3. The fourth-order valence-electron chi connectivity index (χ4n) is 1.92. The van der Waals surface area contributed by atoms with Gasteiger partial charge in [-0.05, 0) is 12.8 Å². The van der Waals surface area contributed by atoms with Crippen LogP contribution in [0.2, 0.25) is 0 Å². The first-order valence-electron chi connectivity index (χ1n) is 6.00. The molecule has 0 saturated carbocycles. The van der Waals surface area contributed by atoms with Crippen molar-refractivity contribution in [3.8, 4) is 0 Å². The predicted octanol–water partition coefficient (Wildman–Crippen LogP) is -1.85. The zero-order valence-electron chi connectivity index (χ0n) is 11.0. The van der Waals surface area contributed by atoms with Gasteiger partial charge in [0.25, 0.3) is 10.2 Å². The van der Waals surface area contributed by atoms with Gasteiger partial charge < -0.3 is 14.9 Å². The molecule has 0 aromatic rings. The van der Waals surface area contributed by atoms with Gasteiger partial charge in [0.05, 0.1) is 19.6 Å². The molecule has 0 aromatic heterocycles. The zero-order valence-corrected chi connectivity index (χ0v) is 11.8. The van der Waals surface area contributed by atoms with Crippen LogP contribution >= 0.6 is 0 Å². The Balaban J connectivity index is 2.63. The number of nitrogens with zero attached hydrogens (tertiary/aromatic N) is 1. The number of aliphatic carboxylic acids is 1. The maximum atomic E-state index is 11.9. The summed E-state index contributed by atoms with van der Waals surface area (Å²) in [4.78, 5) is 22.0. The second-order valence-corrected chi connectivity index (χ2v) is 6.10. The van der Waals surface area contributed by atoms with E-state index in [1.165, 1.54) is 7.11 Å². The van der Waals surface area contributed by atoms with Gasteiger partial charge in [0.15, 0.2) is 0 Å². The fraction of sp³-hybridized carbons (Fsp3) is 0.800. The van der Waals surface area contributed by atoms with Crippen LogP contribution in [0.4, 0.5) is 0 Å². The number of rotatable bonds is 6. The summed E-state index contributed by atoms with van der Waals surface area (Å²) in [5.41, 5.74) is 0. The molecule has 1 fully saturated rings. The first-order valence-corrected chi connectivity index (χ1v) is 7.44. The highest BCUT2D eigenvalue weighted by Gasteiger charge is 2.33. The monoisotopic (exact) mass is 310 g/mol. The Labute approximate surface area is 116 Å². The lowest BCUT2D eigenvalue weighted by molar-refractivity contribution is -0.146. The number of piperidine rings is 1. The number of hydrogen-bond acceptors (Lipinski definition) is 6. The number of carboxylic acid groups (broad SMARTS) is 1. The average molecular weight is 310 g/mol. The maximum Gasteiger partial charge on any atom is 0.324 e. The topological polar surface area (TPSA) is 133 Å². The third-order valence-corrected chi connectivity index (χ3v) is 4.73. The first kappa shape index (κ1) is 16.8. The molecule has 116 valence electrons. The van der Waals surface area contributed by atoms with Crippen molar-refractivity contribution in [1.82, 2.24) is 9.03 Å². The summed E-state index contributed by atoms with van der Waals surface area (Å²) in [7, 11) is -2.74. The second kappa shape index (κ2) is 6.97. The number of aliphatic hydroxyl groups is 1. The van der Waals surface area contributed by atoms with Crippen LogP contribution in [-0.2, 0) is 24.5 Å². The highest BCUT2D eigenvalue weighted by Crippen LogP contribution is 2.20. The van der Waals surface area contributed by atoms with Crippen molar-refractivity contribution in [1.29, 1.82) is 0 Å². The van der Waals surface area contributed by atoms with Crippen molar-refractivity contribution in [3.63, 3.8) is 0 Å². The number of carbonyl (C=O) groups is 2. The molecule has 20 heavy (non-hydrogen) atoms. The van der Waals surface area contributed by atoms with Crippen molar-refractivity contribution < 1.29 is 33.0 Å². The van der Waals surface area contributed by atoms with Crippen molar-refractivity contribution in [3.05, 3.63) is 0 Å². The molecule has 0 radical (unpaired) electrons. The molecule has 0 aromatic carbocycles. The quantitative estimate of drug-likeness (QED) is 0.490. The predicted molar refractivity (Wildman–Crippen MR) is 66.9 cm³/mol. The van der Waals surface area contributed by atoms with E-state index in [0.717, 1.165) is 4.31 Å². The Morgan fingerprint density at radius 2 is 1.95 bits per heavy atom. The van der Waals surface area contributed by atoms with E-state index >= 15 is 0 Å². The Morgan fingerprint density at radius 1 is 1.40 bits per heavy atom. The standard InChI is InChI=1S/C10H18N2O7S/c1-19-10(16)7-2-4-12(5-3-7)20(17,18)11-8(6-13)9(14)15/h7-8,11,13H,2-6H2,1H3,(H,14,15)/t8-/m1/s1. The van der Waals surface area contributed by atoms with Gasteiger partial charge in [-0.2, -0.15) is 17.4 Å². The van der Waals surface area contributed by atoms with Crippen LogP contribution in [0, 0.1) is 5.92 Å². The molecular weight excluding hydrogens is 292 g/mol. The van der Waals surface area contributed by atoms with Gasteiger partial charge in [-0.25, -0.2) is 0 Å². The first-order chi connectivity index (χ1) is 9.31. The minimum absolute atomic E-state index is 0.0901. The molecule has 1 saturated heterocycles. The summed E-state index contributed by atoms with van der Waals surface area (Å²) in [6, 6.07) is -1.58. The second-order valence-electron chi connectivity index (χ2n) is 4.39. The summed E-state index contributed by atoms with van der Waals surface area (Å²) in [5, 5.41) is 17.5. The van der Waals surface area contributed by atoms with E-state index in [0.29, 0.717) is 12.8 Å². The largest absolute Gasteiger partial charge is 0.480 e. The number of aliphatic hydroxyl groups excluding tert-OH is 1. The summed E-state index contributed by atoms with van der Waals surface area (Å²) in [6.07, 6.45) is 0.620. The van der Waals surface area contributed by atoms with Crippen LogP contribution in [0.1, 0.15) is 12.8 Å². The summed E-state index contributed by atoms with van der Waals surface area (Å²) < 4.78 is 31.4. The Morgan fingerprint density at radius 3 is 2.35 bits per heavy atom. The van der Waals surface area contributed by atoms with Gasteiger partial charge in [-0.1, -0.05) is 0 Å². The summed E-state index contributed by atoms with van der Waals surface area (Å²) >= 11 is 0. The van der Waals surface area contributed by atoms with E-state index in [4.69, 9.17) is 10.2 Å². The molecule has 10 heteroatoms. The fourth-order valence-corrected chi connectivity index (χ4v) is 3.29. The normalized spacial score (nSPS) is 19.5. The molecule has 1 atom stereocenters. The van der Waals surface area contributed by atoms with Crippen molar-refractivity contribution in [2.24, 2.45) is 5.92 Å². The molecule has 3 N–H and O–H groups in total. The average Bonchev–Trinajstić information content (AvgIpc) is 2.43. The SMILES string of the molecule is COC(=O)C1CCN(S(=O)(=O)N[C@H](CO)C(=O)O)CC1. The lowest BCUT2D eigenvalue weighted by Gasteiger charge is -2.30. The highest BCUT2D eigenvalue weighted by molar-refractivity contribution is 7.87. The van der Waals surface area contributed by atoms with E-state index in [1.54, 1.807) is 0 Å². The molecule has 9 nitrogen and oxygen atoms in total. The van der Waals surface area contributed by atoms with Crippen molar-refractivity contribution in [2.75, 3.05) is 26.8 Å². The third-order valence-electron chi connectivity index (χ3n) is 3.10. The van der Waals surface area contributed by atoms with Crippen LogP contribution in [-0.4, -0.2) is 67.7 Å². The lowest BCUT2D eigenvalue weighted by Crippen LogP contribution is -2.52. The van der Waals surface area contributed by atoms with Crippen LogP contribution in [0.15, 0.2) is 0 Å². The molecule has 1 rings (SSSR count). The van der Waals surface area contributed by atoms with E-state index in [9.17, 15) is 18.0 Å². The molecule has 1 heterocycles. The van der Waals surface area contributed by atoms with Crippen molar-refractivity contribution in [2.45, 2.75) is 18.9 Å². The molecule has 1 aliphatic heterocycles. The number of esters is 1. The van der Waals surface area contributed by atoms with Gasteiger partial charge in [-0.3, -0.25) is 9.59 Å². The summed E-state index contributed by atoms with van der Waals surface area (Å²) in [6.45, 7) is -0.660. The summed E-state index contributed by atoms with van der Waals surface area (Å²) in [5.74, 6) is -2.19. The third kappa shape index (κ3) is 4.13. The number of nitrogens with one attached hydrogen (secondary N) is 1. The van der Waals surface area contributed by atoms with Gasteiger partial charge >= 0.3 is 11.9 Å². The van der Waals surface area contributed by atoms with Crippen LogP contribution in [0.3, 0.4) is 0 Å². The lowest BCUT2D eigenvalue weighted by atomic mass is 9.99. The number of carboxylic acids is 1. The molecule has 0 aliphatic carbocycles. The Bertz CT molecular complexity index is 456. The molecule has 0 spiro atoms. The maximum absolute atomic E-state index is 11.9. The van der Waals surface area contributed by atoms with Gasteiger partial charge in [0.2, 0.25) is 0 Å². The smallest absolute Gasteiger partial charge is 0.324 e. The highest BCUT2D eigenvalue weighted by atomic mass is 32.2.